The number of hydrogen-bond donors (Lipinski definition) is 1. The predicted octanol–water partition coefficient (Wildman–Crippen LogP) is 1.61. The first-order valence-corrected chi connectivity index (χ1v) is 10.1. The van der Waals surface area contributed by atoms with Crippen LogP contribution < -0.4 is 10.1 Å². The van der Waals surface area contributed by atoms with Crippen molar-refractivity contribution in [2.75, 3.05) is 40.0 Å². The first-order chi connectivity index (χ1) is 12.0. The van der Waals surface area contributed by atoms with Crippen LogP contribution in [0.5, 0.6) is 5.75 Å². The van der Waals surface area contributed by atoms with Crippen LogP contribution in [0.3, 0.4) is 0 Å². The third kappa shape index (κ3) is 4.31. The highest BCUT2D eigenvalue weighted by Crippen LogP contribution is 2.26. The summed E-state index contributed by atoms with van der Waals surface area (Å²) in [6.07, 6.45) is 2.63. The van der Waals surface area contributed by atoms with Gasteiger partial charge in [0.25, 0.3) is 0 Å². The lowest BCUT2D eigenvalue weighted by atomic mass is 10.1. The number of nitrogens with zero attached hydrogens (tertiary/aromatic N) is 1. The van der Waals surface area contributed by atoms with Crippen molar-refractivity contribution < 1.29 is 22.3 Å². The van der Waals surface area contributed by atoms with Gasteiger partial charge in [-0.2, -0.15) is 4.31 Å². The average molecular weight is 372 g/mol. The molecular formula is C17H25FN2O4S. The van der Waals surface area contributed by atoms with Crippen molar-refractivity contribution in [1.29, 1.82) is 0 Å². The largest absolute Gasteiger partial charge is 0.490 e. The molecule has 25 heavy (non-hydrogen) atoms. The standard InChI is InChI=1S/C17H25FN2O4S/c1-19-14-3-2-7-20(10-14)25(21,22)15-4-5-17(16(18)9-15)24-12-13-6-8-23-11-13/h4-5,9,13-14,19H,2-3,6-8,10-12H2,1H3. The van der Waals surface area contributed by atoms with Crippen LogP contribution in [0.2, 0.25) is 0 Å². The molecule has 0 saturated carbocycles. The maximum atomic E-state index is 14.3. The second-order valence-corrected chi connectivity index (χ2v) is 8.56. The van der Waals surface area contributed by atoms with Crippen LogP contribution >= 0.6 is 0 Å². The fraction of sp³-hybridized carbons (Fsp3) is 0.647. The Labute approximate surface area is 148 Å². The van der Waals surface area contributed by atoms with Gasteiger partial charge in [0.2, 0.25) is 10.0 Å². The molecule has 1 aromatic rings. The monoisotopic (exact) mass is 372 g/mol. The van der Waals surface area contributed by atoms with Gasteiger partial charge in [0.15, 0.2) is 11.6 Å². The van der Waals surface area contributed by atoms with E-state index in [0.29, 0.717) is 32.9 Å². The van der Waals surface area contributed by atoms with Crippen LogP contribution in [0.1, 0.15) is 19.3 Å². The fourth-order valence-electron chi connectivity index (χ4n) is 3.23. The van der Waals surface area contributed by atoms with Crippen LogP contribution in [0.25, 0.3) is 0 Å². The number of likely N-dealkylation sites (N-methyl/N-ethyl adjacent to an activating group) is 1. The molecule has 8 heteroatoms. The van der Waals surface area contributed by atoms with Crippen molar-refractivity contribution in [3.05, 3.63) is 24.0 Å². The van der Waals surface area contributed by atoms with Crippen LogP contribution in [-0.2, 0) is 14.8 Å². The van der Waals surface area contributed by atoms with Crippen molar-refractivity contribution >= 4 is 10.0 Å². The summed E-state index contributed by atoms with van der Waals surface area (Å²) in [5.41, 5.74) is 0. The Morgan fingerprint density at radius 2 is 2.24 bits per heavy atom. The lowest BCUT2D eigenvalue weighted by molar-refractivity contribution is 0.165. The molecule has 0 radical (unpaired) electrons. The van der Waals surface area contributed by atoms with Gasteiger partial charge in [-0.05, 0) is 44.5 Å². The summed E-state index contributed by atoms with van der Waals surface area (Å²) in [7, 11) is -1.88. The second-order valence-electron chi connectivity index (χ2n) is 6.62. The van der Waals surface area contributed by atoms with Gasteiger partial charge in [0.1, 0.15) is 0 Å². The fourth-order valence-corrected chi connectivity index (χ4v) is 4.76. The summed E-state index contributed by atoms with van der Waals surface area (Å²) in [5, 5.41) is 3.11. The maximum Gasteiger partial charge on any atom is 0.243 e. The zero-order valence-corrected chi connectivity index (χ0v) is 15.2. The van der Waals surface area contributed by atoms with Gasteiger partial charge in [-0.15, -0.1) is 0 Å². The molecule has 2 unspecified atom stereocenters. The number of benzene rings is 1. The lowest BCUT2D eigenvalue weighted by Crippen LogP contribution is -2.46. The van der Waals surface area contributed by atoms with E-state index >= 15 is 0 Å². The molecular weight excluding hydrogens is 347 g/mol. The number of sulfonamides is 1. The first-order valence-electron chi connectivity index (χ1n) is 8.68. The molecule has 1 aromatic carbocycles. The smallest absolute Gasteiger partial charge is 0.243 e. The minimum absolute atomic E-state index is 0.0293. The maximum absolute atomic E-state index is 14.3. The Hall–Kier alpha value is -1.22. The average Bonchev–Trinajstić information content (AvgIpc) is 3.14. The Bertz CT molecular complexity index is 692. The Kier molecular flexibility index (Phi) is 5.93. The molecule has 2 heterocycles. The molecule has 2 atom stereocenters. The van der Waals surface area contributed by atoms with Gasteiger partial charge in [-0.1, -0.05) is 0 Å². The normalized spacial score (nSPS) is 25.2. The molecule has 0 aliphatic carbocycles. The molecule has 0 amide bonds. The zero-order chi connectivity index (χ0) is 17.9. The molecule has 140 valence electrons. The molecule has 0 aromatic heterocycles. The van der Waals surface area contributed by atoms with Crippen LogP contribution in [0.4, 0.5) is 4.39 Å². The van der Waals surface area contributed by atoms with E-state index in [1.54, 1.807) is 0 Å². The van der Waals surface area contributed by atoms with E-state index in [1.165, 1.54) is 16.4 Å². The number of halogens is 1. The Balaban J connectivity index is 1.70. The van der Waals surface area contributed by atoms with E-state index in [1.807, 2.05) is 7.05 Å². The Morgan fingerprint density at radius 1 is 1.40 bits per heavy atom. The first kappa shape index (κ1) is 18.6. The van der Waals surface area contributed by atoms with Crippen molar-refractivity contribution in [3.63, 3.8) is 0 Å². The van der Waals surface area contributed by atoms with Gasteiger partial charge < -0.3 is 14.8 Å². The number of ether oxygens (including phenoxy) is 2. The lowest BCUT2D eigenvalue weighted by Gasteiger charge is -2.31. The summed E-state index contributed by atoms with van der Waals surface area (Å²) < 4.78 is 52.0. The van der Waals surface area contributed by atoms with Crippen molar-refractivity contribution in [3.8, 4) is 5.75 Å². The van der Waals surface area contributed by atoms with E-state index in [0.717, 1.165) is 25.3 Å². The molecule has 6 nitrogen and oxygen atoms in total. The molecule has 0 spiro atoms. The number of rotatable bonds is 6. The van der Waals surface area contributed by atoms with Crippen LogP contribution in [0.15, 0.2) is 23.1 Å². The number of hydrogen-bond acceptors (Lipinski definition) is 5. The summed E-state index contributed by atoms with van der Waals surface area (Å²) in [6.45, 7) is 2.56. The van der Waals surface area contributed by atoms with E-state index in [9.17, 15) is 12.8 Å². The van der Waals surface area contributed by atoms with E-state index in [-0.39, 0.29) is 22.6 Å². The molecule has 2 aliphatic rings. The van der Waals surface area contributed by atoms with Crippen molar-refractivity contribution in [2.24, 2.45) is 5.92 Å². The predicted molar refractivity (Wildman–Crippen MR) is 91.7 cm³/mol. The molecule has 2 saturated heterocycles. The highest BCUT2D eigenvalue weighted by molar-refractivity contribution is 7.89. The number of piperidine rings is 1. The van der Waals surface area contributed by atoms with E-state index < -0.39 is 15.8 Å². The van der Waals surface area contributed by atoms with Crippen LogP contribution in [0, 0.1) is 11.7 Å². The Morgan fingerprint density at radius 3 is 2.92 bits per heavy atom. The molecule has 2 aliphatic heterocycles. The van der Waals surface area contributed by atoms with Crippen molar-refractivity contribution in [2.45, 2.75) is 30.2 Å². The minimum atomic E-state index is -3.70. The topological polar surface area (TPSA) is 67.9 Å². The second kappa shape index (κ2) is 7.99. The molecule has 3 rings (SSSR count). The quantitative estimate of drug-likeness (QED) is 0.822. The van der Waals surface area contributed by atoms with Gasteiger partial charge in [-0.25, -0.2) is 12.8 Å². The SMILES string of the molecule is CNC1CCCN(S(=O)(=O)c2ccc(OCC3CCOC3)c(F)c2)C1. The van der Waals surface area contributed by atoms with Gasteiger partial charge in [0, 0.05) is 31.7 Å². The summed E-state index contributed by atoms with van der Waals surface area (Å²) in [4.78, 5) is -0.0293. The third-order valence-corrected chi connectivity index (χ3v) is 6.69. The number of nitrogens with one attached hydrogen (secondary N) is 1. The molecule has 1 N–H and O–H groups in total. The van der Waals surface area contributed by atoms with Gasteiger partial charge in [-0.3, -0.25) is 0 Å². The molecule has 0 bridgehead atoms. The minimum Gasteiger partial charge on any atom is -0.490 e. The third-order valence-electron chi connectivity index (χ3n) is 4.83. The van der Waals surface area contributed by atoms with Gasteiger partial charge in [0.05, 0.1) is 18.1 Å². The van der Waals surface area contributed by atoms with Crippen LogP contribution in [-0.4, -0.2) is 58.7 Å². The zero-order valence-electron chi connectivity index (χ0n) is 14.4. The van der Waals surface area contributed by atoms with Crippen molar-refractivity contribution in [1.82, 2.24) is 9.62 Å². The summed E-state index contributed by atoms with van der Waals surface area (Å²) >= 11 is 0. The highest BCUT2D eigenvalue weighted by Gasteiger charge is 2.30. The summed E-state index contributed by atoms with van der Waals surface area (Å²) in [5.74, 6) is -0.311. The highest BCUT2D eigenvalue weighted by atomic mass is 32.2. The van der Waals surface area contributed by atoms with Gasteiger partial charge >= 0.3 is 0 Å². The molecule has 2 fully saturated rings. The van der Waals surface area contributed by atoms with E-state index in [4.69, 9.17) is 9.47 Å². The van der Waals surface area contributed by atoms with E-state index in [2.05, 4.69) is 5.32 Å². The summed E-state index contributed by atoms with van der Waals surface area (Å²) in [6, 6.07) is 4.00.